The first-order valence-corrected chi connectivity index (χ1v) is 14.9. The Bertz CT molecular complexity index is 1740. The molecule has 258 valence electrons. The molecule has 0 radical (unpaired) electrons. The van der Waals surface area contributed by atoms with Crippen LogP contribution in [-0.4, -0.2) is 73.1 Å². The summed E-state index contributed by atoms with van der Waals surface area (Å²) in [5, 5.41) is 19.0. The highest BCUT2D eigenvalue weighted by atomic mass is 19.4. The molecule has 0 saturated heterocycles. The summed E-state index contributed by atoms with van der Waals surface area (Å²) in [5.41, 5.74) is 6.07. The lowest BCUT2D eigenvalue weighted by Crippen LogP contribution is -2.37. The summed E-state index contributed by atoms with van der Waals surface area (Å²) in [4.78, 5) is 42.0. The fraction of sp³-hybridized carbons (Fsp3) is 0.400. The van der Waals surface area contributed by atoms with Gasteiger partial charge in [0.15, 0.2) is 17.2 Å². The van der Waals surface area contributed by atoms with Crippen molar-refractivity contribution in [3.63, 3.8) is 0 Å². The molecular weight excluding hydrogens is 645 g/mol. The number of anilines is 2. The van der Waals surface area contributed by atoms with E-state index in [0.717, 1.165) is 24.6 Å². The second-order valence-corrected chi connectivity index (χ2v) is 10.9. The van der Waals surface area contributed by atoms with Crippen molar-refractivity contribution in [2.45, 2.75) is 57.8 Å². The number of benzene rings is 1. The average molecular weight is 680 g/mol. The minimum Gasteiger partial charge on any atom is -0.483 e. The molecule has 0 aliphatic heterocycles. The van der Waals surface area contributed by atoms with Gasteiger partial charge in [0.05, 0.1) is 17.5 Å². The van der Waals surface area contributed by atoms with Crippen LogP contribution in [0.5, 0.6) is 0 Å². The number of hydrogen-bond acceptors (Lipinski definition) is 8. The van der Waals surface area contributed by atoms with Crippen molar-refractivity contribution < 1.29 is 41.4 Å². The summed E-state index contributed by atoms with van der Waals surface area (Å²) in [6, 6.07) is 5.10. The SMILES string of the molecule is CCc1cc(Nc2nccn3c(-c4cn(CC(F)F)nc4C(F)(F)F)cnc23)ccc1C(=O)NCCNC(=O)[C@@H]1CC[C@@H](N)C1.O=CO. The molecule has 1 aliphatic carbocycles. The number of aryl methyl sites for hydroxylation is 1. The molecule has 1 aromatic carbocycles. The number of nitrogens with zero attached hydrogens (tertiary/aromatic N) is 5. The van der Waals surface area contributed by atoms with Crippen molar-refractivity contribution in [3.05, 3.63) is 59.8 Å². The first-order valence-electron chi connectivity index (χ1n) is 14.9. The van der Waals surface area contributed by atoms with Gasteiger partial charge in [0, 0.05) is 54.9 Å². The summed E-state index contributed by atoms with van der Waals surface area (Å²) < 4.78 is 68.9. The zero-order valence-corrected chi connectivity index (χ0v) is 25.7. The van der Waals surface area contributed by atoms with E-state index in [1.807, 2.05) is 6.92 Å². The fourth-order valence-corrected chi connectivity index (χ4v) is 5.44. The molecule has 0 spiro atoms. The second-order valence-electron chi connectivity index (χ2n) is 10.9. The number of amides is 2. The number of imidazole rings is 1. The number of carbonyl (C=O) groups is 3. The average Bonchev–Trinajstić information content (AvgIpc) is 3.77. The first-order chi connectivity index (χ1) is 22.9. The third-order valence-corrected chi connectivity index (χ3v) is 7.61. The van der Waals surface area contributed by atoms with E-state index in [9.17, 15) is 31.5 Å². The zero-order valence-electron chi connectivity index (χ0n) is 25.7. The van der Waals surface area contributed by atoms with E-state index in [1.165, 1.54) is 23.0 Å². The number of carboxylic acid groups (broad SMARTS) is 1. The predicted octanol–water partition coefficient (Wildman–Crippen LogP) is 3.86. The van der Waals surface area contributed by atoms with E-state index in [4.69, 9.17) is 15.6 Å². The summed E-state index contributed by atoms with van der Waals surface area (Å²) in [7, 11) is 0. The normalized spacial score (nSPS) is 16.0. The number of aromatic nitrogens is 5. The number of halogens is 5. The molecule has 13 nitrogen and oxygen atoms in total. The maximum absolute atomic E-state index is 13.7. The molecule has 6 N–H and O–H groups in total. The van der Waals surface area contributed by atoms with Gasteiger partial charge in [-0.15, -0.1) is 0 Å². The predicted molar refractivity (Wildman–Crippen MR) is 164 cm³/mol. The van der Waals surface area contributed by atoms with Crippen molar-refractivity contribution in [2.24, 2.45) is 11.7 Å². The molecule has 0 unspecified atom stereocenters. The lowest BCUT2D eigenvalue weighted by molar-refractivity contribution is -0.141. The minimum atomic E-state index is -4.89. The molecule has 3 heterocycles. The lowest BCUT2D eigenvalue weighted by Gasteiger charge is -2.14. The summed E-state index contributed by atoms with van der Waals surface area (Å²) in [6.07, 6.45) is -0.120. The Labute approximate surface area is 270 Å². The van der Waals surface area contributed by atoms with Crippen LogP contribution in [0.1, 0.15) is 47.8 Å². The van der Waals surface area contributed by atoms with E-state index in [-0.39, 0.29) is 60.5 Å². The topological polar surface area (TPSA) is 182 Å². The third-order valence-electron chi connectivity index (χ3n) is 7.61. The van der Waals surface area contributed by atoms with Gasteiger partial charge in [0.2, 0.25) is 5.91 Å². The Balaban J connectivity index is 0.00000167. The molecule has 18 heteroatoms. The number of rotatable bonds is 11. The highest BCUT2D eigenvalue weighted by molar-refractivity contribution is 5.96. The Hall–Kier alpha value is -5.13. The monoisotopic (exact) mass is 679 g/mol. The van der Waals surface area contributed by atoms with Gasteiger partial charge in [-0.3, -0.25) is 23.5 Å². The van der Waals surface area contributed by atoms with Gasteiger partial charge < -0.3 is 26.8 Å². The van der Waals surface area contributed by atoms with Crippen LogP contribution in [-0.2, 0) is 28.7 Å². The van der Waals surface area contributed by atoms with Crippen molar-refractivity contribution in [1.29, 1.82) is 0 Å². The van der Waals surface area contributed by atoms with Gasteiger partial charge in [-0.25, -0.2) is 18.7 Å². The Morgan fingerprint density at radius 3 is 2.54 bits per heavy atom. The van der Waals surface area contributed by atoms with Gasteiger partial charge in [0.1, 0.15) is 6.54 Å². The number of nitrogens with two attached hydrogens (primary N) is 1. The van der Waals surface area contributed by atoms with Gasteiger partial charge >= 0.3 is 6.18 Å². The largest absolute Gasteiger partial charge is 0.483 e. The molecule has 2 amide bonds. The molecule has 1 fully saturated rings. The van der Waals surface area contributed by atoms with E-state index in [1.54, 1.807) is 18.2 Å². The number of alkyl halides is 5. The molecule has 0 bridgehead atoms. The van der Waals surface area contributed by atoms with Crippen LogP contribution in [0, 0.1) is 5.92 Å². The molecule has 4 aromatic rings. The number of carbonyl (C=O) groups excluding carboxylic acids is 2. The fourth-order valence-electron chi connectivity index (χ4n) is 5.44. The second kappa shape index (κ2) is 15.6. The van der Waals surface area contributed by atoms with E-state index in [2.05, 4.69) is 31.0 Å². The van der Waals surface area contributed by atoms with Crippen molar-refractivity contribution in [2.75, 3.05) is 18.4 Å². The summed E-state index contributed by atoms with van der Waals surface area (Å²) in [5.74, 6) is -0.236. The van der Waals surface area contributed by atoms with E-state index < -0.39 is 30.4 Å². The summed E-state index contributed by atoms with van der Waals surface area (Å²) >= 11 is 0. The minimum absolute atomic E-state index is 0.00688. The van der Waals surface area contributed by atoms with Gasteiger partial charge in [0.25, 0.3) is 18.8 Å². The molecule has 1 aliphatic rings. The molecule has 3 aromatic heterocycles. The van der Waals surface area contributed by atoms with E-state index in [0.29, 0.717) is 28.8 Å². The van der Waals surface area contributed by atoms with Gasteiger partial charge in [-0.2, -0.15) is 18.3 Å². The maximum Gasteiger partial charge on any atom is 0.435 e. The number of fused-ring (bicyclic) bond motifs is 1. The Morgan fingerprint density at radius 1 is 1.17 bits per heavy atom. The first kappa shape index (κ1) is 35.7. The molecule has 2 atom stereocenters. The summed E-state index contributed by atoms with van der Waals surface area (Å²) in [6.45, 7) is 1.18. The highest BCUT2D eigenvalue weighted by Crippen LogP contribution is 2.37. The van der Waals surface area contributed by atoms with Crippen LogP contribution in [0.4, 0.5) is 33.5 Å². The van der Waals surface area contributed by atoms with Gasteiger partial charge in [-0.1, -0.05) is 6.92 Å². The molecular formula is C30H34F5N9O4. The standard InChI is InChI=1S/C29H32F5N9O2.CH2O2/c1-2-16-12-19(5-6-20(16)28(45)38-8-7-37-27(44)17-3-4-18(35)11-17)40-25-26-39-13-22(43(26)10-9-36-25)21-14-42(15-23(30)31)41-24(21)29(32,33)34;2-1-3/h5-6,9-10,12-14,17-18,23H,2-4,7-8,11,15,35H2,1H3,(H,36,40)(H,37,44)(H,38,45);1H,(H,2,3)/t17-,18-;/m1./s1. The molecule has 5 rings (SSSR count). The quantitative estimate of drug-likeness (QED) is 0.0894. The zero-order chi connectivity index (χ0) is 35.0. The van der Waals surface area contributed by atoms with Crippen LogP contribution in [0.2, 0.25) is 0 Å². The van der Waals surface area contributed by atoms with Crippen LogP contribution in [0.15, 0.2) is 43.0 Å². The molecule has 1 saturated carbocycles. The van der Waals surface area contributed by atoms with E-state index >= 15 is 0 Å². The smallest absolute Gasteiger partial charge is 0.435 e. The molecule has 48 heavy (non-hydrogen) atoms. The van der Waals surface area contributed by atoms with Gasteiger partial charge in [-0.05, 0) is 49.4 Å². The Morgan fingerprint density at radius 2 is 1.90 bits per heavy atom. The maximum atomic E-state index is 13.7. The van der Waals surface area contributed by atoms with Crippen LogP contribution in [0.25, 0.3) is 16.9 Å². The number of hydrogen-bond donors (Lipinski definition) is 5. The lowest BCUT2D eigenvalue weighted by atomic mass is 10.0. The highest BCUT2D eigenvalue weighted by Gasteiger charge is 2.38. The van der Waals surface area contributed by atoms with Crippen LogP contribution >= 0.6 is 0 Å². The van der Waals surface area contributed by atoms with Crippen LogP contribution < -0.4 is 21.7 Å². The van der Waals surface area contributed by atoms with Crippen molar-refractivity contribution >= 4 is 35.4 Å². The Kier molecular flexibility index (Phi) is 11.6. The number of nitrogens with one attached hydrogen (secondary N) is 3. The van der Waals surface area contributed by atoms with Crippen molar-refractivity contribution in [3.8, 4) is 11.3 Å². The van der Waals surface area contributed by atoms with Crippen LogP contribution in [0.3, 0.4) is 0 Å². The third kappa shape index (κ3) is 8.61. The van der Waals surface area contributed by atoms with Crippen molar-refractivity contribution in [1.82, 2.24) is 34.8 Å².